The standard InChI is InChI=1S/C19H17N3O3/c23-17-10-20-19(25)15-6-5-13(9-16(15)22-17)18(24)21-14-7-11-3-1-2-4-12(11)8-14/h1-6,9,14H,7-8,10H2,(H,20,25)(H,21,24)(H,22,23). The van der Waals surface area contributed by atoms with E-state index in [0.717, 1.165) is 12.8 Å². The van der Waals surface area contributed by atoms with E-state index in [0.29, 0.717) is 16.8 Å². The molecule has 6 heteroatoms. The molecule has 0 unspecified atom stereocenters. The second kappa shape index (κ2) is 6.05. The maximum atomic E-state index is 12.6. The van der Waals surface area contributed by atoms with Crippen LogP contribution in [0.4, 0.5) is 5.69 Å². The number of hydrogen-bond donors (Lipinski definition) is 3. The smallest absolute Gasteiger partial charge is 0.253 e. The fourth-order valence-electron chi connectivity index (χ4n) is 3.37. The summed E-state index contributed by atoms with van der Waals surface area (Å²) in [6.45, 7) is -0.0740. The molecular weight excluding hydrogens is 318 g/mol. The zero-order chi connectivity index (χ0) is 17.4. The van der Waals surface area contributed by atoms with Crippen molar-refractivity contribution >= 4 is 23.4 Å². The lowest BCUT2D eigenvalue weighted by Crippen LogP contribution is -2.35. The van der Waals surface area contributed by atoms with Crippen LogP contribution in [-0.2, 0) is 17.6 Å². The summed E-state index contributed by atoms with van der Waals surface area (Å²) in [5.74, 6) is -0.845. The topological polar surface area (TPSA) is 87.3 Å². The van der Waals surface area contributed by atoms with Gasteiger partial charge in [-0.1, -0.05) is 24.3 Å². The lowest BCUT2D eigenvalue weighted by atomic mass is 10.1. The molecule has 0 atom stereocenters. The molecule has 1 aliphatic heterocycles. The maximum Gasteiger partial charge on any atom is 0.253 e. The van der Waals surface area contributed by atoms with E-state index in [2.05, 4.69) is 28.1 Å². The molecule has 3 amide bonds. The Balaban J connectivity index is 1.52. The van der Waals surface area contributed by atoms with Gasteiger partial charge in [0.15, 0.2) is 0 Å². The molecule has 4 rings (SSSR count). The Bertz CT molecular complexity index is 866. The highest BCUT2D eigenvalue weighted by Crippen LogP contribution is 2.23. The van der Waals surface area contributed by atoms with Gasteiger partial charge in [-0.25, -0.2) is 0 Å². The molecule has 0 aromatic heterocycles. The molecule has 25 heavy (non-hydrogen) atoms. The first-order valence-electron chi connectivity index (χ1n) is 8.20. The van der Waals surface area contributed by atoms with Crippen molar-refractivity contribution in [2.45, 2.75) is 18.9 Å². The Labute approximate surface area is 144 Å². The second-order valence-electron chi connectivity index (χ2n) is 6.34. The minimum absolute atomic E-state index is 0.0570. The molecule has 2 aromatic carbocycles. The maximum absolute atomic E-state index is 12.6. The molecule has 126 valence electrons. The Morgan fingerprint density at radius 2 is 1.76 bits per heavy atom. The third kappa shape index (κ3) is 2.98. The van der Waals surface area contributed by atoms with Crippen LogP contribution >= 0.6 is 0 Å². The molecule has 0 radical (unpaired) electrons. The lowest BCUT2D eigenvalue weighted by Gasteiger charge is -2.13. The van der Waals surface area contributed by atoms with Crippen molar-refractivity contribution in [3.63, 3.8) is 0 Å². The molecule has 1 heterocycles. The fourth-order valence-corrected chi connectivity index (χ4v) is 3.37. The molecule has 0 saturated heterocycles. The number of fused-ring (bicyclic) bond motifs is 2. The van der Waals surface area contributed by atoms with Crippen molar-refractivity contribution in [3.8, 4) is 0 Å². The molecule has 0 saturated carbocycles. The summed E-state index contributed by atoms with van der Waals surface area (Å²) in [7, 11) is 0. The van der Waals surface area contributed by atoms with Gasteiger partial charge in [-0.15, -0.1) is 0 Å². The minimum Gasteiger partial charge on any atom is -0.349 e. The fraction of sp³-hybridized carbons (Fsp3) is 0.211. The van der Waals surface area contributed by atoms with Gasteiger partial charge in [0.25, 0.3) is 11.8 Å². The van der Waals surface area contributed by atoms with E-state index in [1.807, 2.05) is 12.1 Å². The van der Waals surface area contributed by atoms with Gasteiger partial charge in [-0.3, -0.25) is 14.4 Å². The van der Waals surface area contributed by atoms with Crippen LogP contribution in [0.2, 0.25) is 0 Å². The third-order valence-electron chi connectivity index (χ3n) is 4.60. The normalized spacial score (nSPS) is 16.3. The van der Waals surface area contributed by atoms with Crippen LogP contribution < -0.4 is 16.0 Å². The van der Waals surface area contributed by atoms with Crippen molar-refractivity contribution in [1.29, 1.82) is 0 Å². The highest BCUT2D eigenvalue weighted by molar-refractivity contribution is 6.10. The number of carbonyl (C=O) groups is 3. The number of carbonyl (C=O) groups excluding carboxylic acids is 3. The predicted molar refractivity (Wildman–Crippen MR) is 92.5 cm³/mol. The third-order valence-corrected chi connectivity index (χ3v) is 4.60. The van der Waals surface area contributed by atoms with E-state index < -0.39 is 0 Å². The largest absolute Gasteiger partial charge is 0.349 e. The summed E-state index contributed by atoms with van der Waals surface area (Å²) in [6, 6.07) is 12.9. The number of hydrogen-bond acceptors (Lipinski definition) is 3. The van der Waals surface area contributed by atoms with Crippen molar-refractivity contribution < 1.29 is 14.4 Å². The van der Waals surface area contributed by atoms with Crippen LogP contribution in [0.15, 0.2) is 42.5 Å². The molecule has 6 nitrogen and oxygen atoms in total. The van der Waals surface area contributed by atoms with Crippen LogP contribution in [0.5, 0.6) is 0 Å². The van der Waals surface area contributed by atoms with Crippen molar-refractivity contribution in [2.75, 3.05) is 11.9 Å². The summed E-state index contributed by atoms with van der Waals surface area (Å²) < 4.78 is 0. The van der Waals surface area contributed by atoms with Crippen LogP contribution in [0.3, 0.4) is 0 Å². The van der Waals surface area contributed by atoms with Crippen LogP contribution in [-0.4, -0.2) is 30.3 Å². The van der Waals surface area contributed by atoms with Crippen LogP contribution in [0, 0.1) is 0 Å². The average molecular weight is 335 g/mol. The SMILES string of the molecule is O=C1CNC(=O)c2ccc(C(=O)NC3Cc4ccccc4C3)cc2N1. The molecule has 2 aromatic rings. The molecule has 1 aliphatic carbocycles. The minimum atomic E-state index is -0.327. The van der Waals surface area contributed by atoms with Gasteiger partial charge in [0.05, 0.1) is 17.8 Å². The van der Waals surface area contributed by atoms with Gasteiger partial charge in [0.1, 0.15) is 0 Å². The monoisotopic (exact) mass is 335 g/mol. The summed E-state index contributed by atoms with van der Waals surface area (Å²) in [4.78, 5) is 36.1. The van der Waals surface area contributed by atoms with Crippen molar-refractivity contribution in [1.82, 2.24) is 10.6 Å². The Morgan fingerprint density at radius 1 is 1.04 bits per heavy atom. The first kappa shape index (κ1) is 15.4. The zero-order valence-corrected chi connectivity index (χ0v) is 13.5. The summed E-state index contributed by atoms with van der Waals surface area (Å²) in [5.41, 5.74) is 3.67. The highest BCUT2D eigenvalue weighted by Gasteiger charge is 2.24. The van der Waals surface area contributed by atoms with E-state index in [1.165, 1.54) is 11.1 Å². The van der Waals surface area contributed by atoms with Gasteiger partial charge < -0.3 is 16.0 Å². The van der Waals surface area contributed by atoms with E-state index in [1.54, 1.807) is 18.2 Å². The first-order chi connectivity index (χ1) is 12.1. The van der Waals surface area contributed by atoms with E-state index >= 15 is 0 Å². The summed E-state index contributed by atoms with van der Waals surface area (Å²) in [6.07, 6.45) is 1.62. The Hall–Kier alpha value is -3.15. The number of amides is 3. The quantitative estimate of drug-likeness (QED) is 0.772. The summed E-state index contributed by atoms with van der Waals surface area (Å²) >= 11 is 0. The van der Waals surface area contributed by atoms with E-state index in [9.17, 15) is 14.4 Å². The van der Waals surface area contributed by atoms with E-state index in [-0.39, 0.29) is 30.3 Å². The van der Waals surface area contributed by atoms with E-state index in [4.69, 9.17) is 0 Å². The summed E-state index contributed by atoms with van der Waals surface area (Å²) in [5, 5.41) is 8.20. The Kier molecular flexibility index (Phi) is 3.72. The molecule has 2 aliphatic rings. The van der Waals surface area contributed by atoms with Crippen molar-refractivity contribution in [2.24, 2.45) is 0 Å². The molecule has 0 fully saturated rings. The molecule has 0 spiro atoms. The number of nitrogens with one attached hydrogen (secondary N) is 3. The van der Waals surface area contributed by atoms with Crippen LogP contribution in [0.1, 0.15) is 31.8 Å². The first-order valence-corrected chi connectivity index (χ1v) is 8.20. The number of anilines is 1. The molecule has 3 N–H and O–H groups in total. The zero-order valence-electron chi connectivity index (χ0n) is 13.5. The average Bonchev–Trinajstić information content (AvgIpc) is 2.95. The second-order valence-corrected chi connectivity index (χ2v) is 6.34. The lowest BCUT2D eigenvalue weighted by molar-refractivity contribution is -0.115. The Morgan fingerprint density at radius 3 is 2.48 bits per heavy atom. The van der Waals surface area contributed by atoms with Gasteiger partial charge >= 0.3 is 0 Å². The molecule has 0 bridgehead atoms. The van der Waals surface area contributed by atoms with Gasteiger partial charge in [-0.2, -0.15) is 0 Å². The molecular formula is C19H17N3O3. The highest BCUT2D eigenvalue weighted by atomic mass is 16.2. The predicted octanol–water partition coefficient (Wildman–Crippen LogP) is 1.27. The number of rotatable bonds is 2. The van der Waals surface area contributed by atoms with Gasteiger partial charge in [-0.05, 0) is 42.2 Å². The van der Waals surface area contributed by atoms with Crippen molar-refractivity contribution in [3.05, 3.63) is 64.7 Å². The van der Waals surface area contributed by atoms with Gasteiger partial charge in [0.2, 0.25) is 5.91 Å². The van der Waals surface area contributed by atoms with Crippen LogP contribution in [0.25, 0.3) is 0 Å². The number of benzene rings is 2. The van der Waals surface area contributed by atoms with Gasteiger partial charge in [0, 0.05) is 11.6 Å².